The van der Waals surface area contributed by atoms with E-state index in [0.717, 1.165) is 36.6 Å². The van der Waals surface area contributed by atoms with E-state index in [1.165, 1.54) is 0 Å². The fourth-order valence-electron chi connectivity index (χ4n) is 1.48. The molecule has 14 heavy (non-hydrogen) atoms. The van der Waals surface area contributed by atoms with Crippen LogP contribution in [0.2, 0.25) is 0 Å². The van der Waals surface area contributed by atoms with Gasteiger partial charge in [0.15, 0.2) is 5.82 Å². The molecule has 0 aromatic carbocycles. The van der Waals surface area contributed by atoms with Gasteiger partial charge in [-0.2, -0.15) is 16.7 Å². The number of nitrogens with zero attached hydrogens (tertiary/aromatic N) is 2. The molecule has 1 saturated carbocycles. The first-order valence-corrected chi connectivity index (χ1v) is 6.10. The summed E-state index contributed by atoms with van der Waals surface area (Å²) >= 11 is 1.78. The molecule has 2 rings (SSSR count). The standard InChI is InChI=1S/C9H15N3OS/c1-2-14-6-7-11-8(13-12-7)9(10)4-3-5-9/h2-6,10H2,1H3. The minimum atomic E-state index is -0.317. The number of rotatable bonds is 4. The van der Waals surface area contributed by atoms with Gasteiger partial charge in [-0.15, -0.1) is 0 Å². The average Bonchev–Trinajstić information content (AvgIpc) is 2.59. The zero-order valence-corrected chi connectivity index (χ0v) is 9.14. The van der Waals surface area contributed by atoms with Crippen molar-refractivity contribution in [3.8, 4) is 0 Å². The Hall–Kier alpha value is -0.550. The van der Waals surface area contributed by atoms with Gasteiger partial charge in [-0.25, -0.2) is 0 Å². The van der Waals surface area contributed by atoms with Crippen molar-refractivity contribution in [2.75, 3.05) is 5.75 Å². The summed E-state index contributed by atoms with van der Waals surface area (Å²) in [7, 11) is 0. The van der Waals surface area contributed by atoms with E-state index in [0.29, 0.717) is 5.89 Å². The Morgan fingerprint density at radius 2 is 2.36 bits per heavy atom. The van der Waals surface area contributed by atoms with Gasteiger partial charge in [0.1, 0.15) is 0 Å². The summed E-state index contributed by atoms with van der Waals surface area (Å²) in [6.45, 7) is 2.11. The van der Waals surface area contributed by atoms with E-state index in [1.807, 2.05) is 0 Å². The van der Waals surface area contributed by atoms with E-state index in [9.17, 15) is 0 Å². The Bertz CT molecular complexity index is 309. The molecule has 0 saturated heterocycles. The maximum Gasteiger partial charge on any atom is 0.246 e. The van der Waals surface area contributed by atoms with Gasteiger partial charge in [-0.1, -0.05) is 12.1 Å². The molecule has 1 aliphatic carbocycles. The molecule has 0 atom stereocenters. The monoisotopic (exact) mass is 213 g/mol. The summed E-state index contributed by atoms with van der Waals surface area (Å²) in [5.41, 5.74) is 5.75. The minimum Gasteiger partial charge on any atom is -0.337 e. The molecule has 78 valence electrons. The van der Waals surface area contributed by atoms with Crippen LogP contribution in [0, 0.1) is 0 Å². The molecule has 1 aromatic heterocycles. The van der Waals surface area contributed by atoms with Crippen molar-refractivity contribution in [1.29, 1.82) is 0 Å². The van der Waals surface area contributed by atoms with Crippen molar-refractivity contribution in [2.24, 2.45) is 5.73 Å². The largest absolute Gasteiger partial charge is 0.337 e. The van der Waals surface area contributed by atoms with E-state index < -0.39 is 0 Å². The van der Waals surface area contributed by atoms with Crippen LogP contribution in [-0.4, -0.2) is 15.9 Å². The quantitative estimate of drug-likeness (QED) is 0.824. The number of hydrogen-bond acceptors (Lipinski definition) is 5. The van der Waals surface area contributed by atoms with Gasteiger partial charge in [0.25, 0.3) is 0 Å². The highest BCUT2D eigenvalue weighted by molar-refractivity contribution is 7.98. The van der Waals surface area contributed by atoms with Crippen LogP contribution in [0.25, 0.3) is 0 Å². The Morgan fingerprint density at radius 3 is 2.93 bits per heavy atom. The SMILES string of the molecule is CCSCc1noc(C2(N)CCC2)n1. The summed E-state index contributed by atoms with van der Waals surface area (Å²) in [4.78, 5) is 4.32. The topological polar surface area (TPSA) is 64.9 Å². The first-order valence-electron chi connectivity index (χ1n) is 4.94. The fraction of sp³-hybridized carbons (Fsp3) is 0.778. The summed E-state index contributed by atoms with van der Waals surface area (Å²) < 4.78 is 5.17. The van der Waals surface area contributed by atoms with Crippen molar-refractivity contribution in [2.45, 2.75) is 37.5 Å². The summed E-state index contributed by atoms with van der Waals surface area (Å²) in [6, 6.07) is 0. The molecule has 1 aliphatic rings. The molecule has 4 nitrogen and oxygen atoms in total. The van der Waals surface area contributed by atoms with Gasteiger partial charge in [-0.05, 0) is 25.0 Å². The van der Waals surface area contributed by atoms with Crippen molar-refractivity contribution in [1.82, 2.24) is 10.1 Å². The molecule has 1 heterocycles. The fourth-order valence-corrected chi connectivity index (χ4v) is 1.98. The molecule has 0 unspecified atom stereocenters. The molecule has 1 aromatic rings. The van der Waals surface area contributed by atoms with Crippen LogP contribution in [0.1, 0.15) is 37.9 Å². The van der Waals surface area contributed by atoms with Gasteiger partial charge < -0.3 is 10.3 Å². The van der Waals surface area contributed by atoms with E-state index in [4.69, 9.17) is 10.3 Å². The van der Waals surface area contributed by atoms with Crippen molar-refractivity contribution >= 4 is 11.8 Å². The maximum atomic E-state index is 6.06. The molecule has 2 N–H and O–H groups in total. The molecule has 0 aliphatic heterocycles. The first-order chi connectivity index (χ1) is 6.74. The van der Waals surface area contributed by atoms with Crippen LogP contribution < -0.4 is 5.73 Å². The Balaban J connectivity index is 2.02. The zero-order valence-electron chi connectivity index (χ0n) is 8.32. The second-order valence-corrected chi connectivity index (χ2v) is 4.94. The van der Waals surface area contributed by atoms with Crippen molar-refractivity contribution in [3.05, 3.63) is 11.7 Å². The number of nitrogens with two attached hydrogens (primary N) is 1. The zero-order chi connectivity index (χ0) is 10.0. The lowest BCUT2D eigenvalue weighted by molar-refractivity contribution is 0.181. The molecule has 0 amide bonds. The van der Waals surface area contributed by atoms with Crippen molar-refractivity contribution < 1.29 is 4.52 Å². The Labute approximate surface area is 87.6 Å². The van der Waals surface area contributed by atoms with Crippen LogP contribution in [0.4, 0.5) is 0 Å². The lowest BCUT2D eigenvalue weighted by Gasteiger charge is -2.33. The minimum absolute atomic E-state index is 0.317. The van der Waals surface area contributed by atoms with Gasteiger partial charge in [0.05, 0.1) is 11.3 Å². The van der Waals surface area contributed by atoms with E-state index >= 15 is 0 Å². The molecular weight excluding hydrogens is 198 g/mol. The van der Waals surface area contributed by atoms with Crippen molar-refractivity contribution in [3.63, 3.8) is 0 Å². The van der Waals surface area contributed by atoms with Gasteiger partial charge in [0.2, 0.25) is 5.89 Å². The van der Waals surface area contributed by atoms with Crippen LogP contribution in [-0.2, 0) is 11.3 Å². The Kier molecular flexibility index (Phi) is 2.78. The average molecular weight is 213 g/mol. The molecular formula is C9H15N3OS. The predicted octanol–water partition coefficient (Wildman–Crippen LogP) is 1.66. The Morgan fingerprint density at radius 1 is 1.57 bits per heavy atom. The normalized spacial score (nSPS) is 19.3. The maximum absolute atomic E-state index is 6.06. The van der Waals surface area contributed by atoms with Crippen LogP contribution in [0.3, 0.4) is 0 Å². The summed E-state index contributed by atoms with van der Waals surface area (Å²) in [5, 5.41) is 3.91. The van der Waals surface area contributed by atoms with E-state index in [1.54, 1.807) is 11.8 Å². The van der Waals surface area contributed by atoms with Gasteiger partial charge >= 0.3 is 0 Å². The highest BCUT2D eigenvalue weighted by atomic mass is 32.2. The lowest BCUT2D eigenvalue weighted by atomic mass is 9.78. The van der Waals surface area contributed by atoms with Crippen LogP contribution in [0.5, 0.6) is 0 Å². The van der Waals surface area contributed by atoms with Gasteiger partial charge in [-0.3, -0.25) is 0 Å². The van der Waals surface area contributed by atoms with Crippen LogP contribution in [0.15, 0.2) is 4.52 Å². The summed E-state index contributed by atoms with van der Waals surface area (Å²) in [5.74, 6) is 3.27. The lowest BCUT2D eigenvalue weighted by Crippen LogP contribution is -2.43. The van der Waals surface area contributed by atoms with Crippen LogP contribution >= 0.6 is 11.8 Å². The van der Waals surface area contributed by atoms with E-state index in [-0.39, 0.29) is 5.54 Å². The second kappa shape index (κ2) is 3.90. The van der Waals surface area contributed by atoms with Gasteiger partial charge in [0, 0.05) is 0 Å². The third-order valence-corrected chi connectivity index (χ3v) is 3.45. The molecule has 0 bridgehead atoms. The molecule has 0 spiro atoms. The summed E-state index contributed by atoms with van der Waals surface area (Å²) in [6.07, 6.45) is 3.10. The highest BCUT2D eigenvalue weighted by Gasteiger charge is 2.39. The smallest absolute Gasteiger partial charge is 0.246 e. The second-order valence-electron chi connectivity index (χ2n) is 3.66. The number of aromatic nitrogens is 2. The third-order valence-electron chi connectivity index (χ3n) is 2.58. The van der Waals surface area contributed by atoms with E-state index in [2.05, 4.69) is 17.1 Å². The first kappa shape index (κ1) is 9.98. The molecule has 1 fully saturated rings. The predicted molar refractivity (Wildman–Crippen MR) is 55.9 cm³/mol. The number of thioether (sulfide) groups is 1. The highest BCUT2D eigenvalue weighted by Crippen LogP contribution is 2.37. The molecule has 0 radical (unpaired) electrons. The third kappa shape index (κ3) is 1.79. The molecule has 5 heteroatoms. The number of hydrogen-bond donors (Lipinski definition) is 1.